The van der Waals surface area contributed by atoms with Gasteiger partial charge in [-0.15, -0.1) is 0 Å². The fourth-order valence-electron chi connectivity index (χ4n) is 2.64. The second kappa shape index (κ2) is 12.1. The first-order valence-corrected chi connectivity index (χ1v) is 8.78. The number of benzene rings is 2. The van der Waals surface area contributed by atoms with Crippen LogP contribution in [0.3, 0.4) is 0 Å². The number of carboxylic acid groups (broad SMARTS) is 1. The smallest absolute Gasteiger partial charge is 0.164 e. The summed E-state index contributed by atoms with van der Waals surface area (Å²) >= 11 is 0. The number of ether oxygens (including phenoxy) is 2. The standard InChI is InChI=1S/C19H25NO2.C2H4O2/c1-3-21-19(22-4-2)17(15-10-6-5-7-11-15)14-16-12-8-9-13-18(16)20;1-2(3)4/h5-13,17,19H,3-4,14,20H2,1-2H3;1H3,(H,3,4)/p-1. The topological polar surface area (TPSA) is 84.6 Å². The highest BCUT2D eigenvalue weighted by atomic mass is 16.7. The maximum Gasteiger partial charge on any atom is 0.164 e. The molecule has 0 bridgehead atoms. The van der Waals surface area contributed by atoms with Crippen molar-refractivity contribution in [1.29, 1.82) is 0 Å². The summed E-state index contributed by atoms with van der Waals surface area (Å²) in [7, 11) is 0. The zero-order valence-electron chi connectivity index (χ0n) is 15.7. The van der Waals surface area contributed by atoms with Crippen LogP contribution in [0.15, 0.2) is 54.6 Å². The Labute approximate surface area is 155 Å². The highest BCUT2D eigenvalue weighted by Crippen LogP contribution is 2.29. The number of carbonyl (C=O) groups excluding carboxylic acids is 1. The van der Waals surface area contributed by atoms with E-state index in [0.717, 1.165) is 24.6 Å². The number of carbonyl (C=O) groups is 1. The van der Waals surface area contributed by atoms with Crippen LogP contribution in [0.2, 0.25) is 0 Å². The van der Waals surface area contributed by atoms with Crippen LogP contribution in [0.5, 0.6) is 0 Å². The van der Waals surface area contributed by atoms with Gasteiger partial charge in [0.1, 0.15) is 0 Å². The number of nitrogen functional groups attached to an aromatic ring is 1. The van der Waals surface area contributed by atoms with Crippen LogP contribution in [0, 0.1) is 0 Å². The van der Waals surface area contributed by atoms with Gasteiger partial charge < -0.3 is 25.1 Å². The Morgan fingerprint density at radius 1 is 1.00 bits per heavy atom. The van der Waals surface area contributed by atoms with Gasteiger partial charge >= 0.3 is 0 Å². The van der Waals surface area contributed by atoms with E-state index in [1.807, 2.05) is 50.2 Å². The average Bonchev–Trinajstić information content (AvgIpc) is 2.61. The molecule has 5 nitrogen and oxygen atoms in total. The van der Waals surface area contributed by atoms with Crippen molar-refractivity contribution in [3.63, 3.8) is 0 Å². The van der Waals surface area contributed by atoms with Gasteiger partial charge in [-0.2, -0.15) is 0 Å². The summed E-state index contributed by atoms with van der Waals surface area (Å²) in [5, 5.41) is 8.89. The molecule has 0 aliphatic heterocycles. The zero-order valence-corrected chi connectivity index (χ0v) is 15.7. The maximum absolute atomic E-state index is 8.89. The number of carboxylic acids is 1. The second-order valence-corrected chi connectivity index (χ2v) is 5.69. The maximum atomic E-state index is 8.89. The molecule has 0 aromatic heterocycles. The summed E-state index contributed by atoms with van der Waals surface area (Å²) in [5.74, 6) is -0.967. The summed E-state index contributed by atoms with van der Waals surface area (Å²) < 4.78 is 11.7. The fraction of sp³-hybridized carbons (Fsp3) is 0.381. The lowest BCUT2D eigenvalue weighted by atomic mass is 9.90. The van der Waals surface area contributed by atoms with Gasteiger partial charge in [0.15, 0.2) is 6.29 Å². The minimum absolute atomic E-state index is 0.116. The lowest BCUT2D eigenvalue weighted by Crippen LogP contribution is -2.27. The summed E-state index contributed by atoms with van der Waals surface area (Å²) in [5.41, 5.74) is 9.26. The Balaban J connectivity index is 0.000000765. The first-order valence-electron chi connectivity index (χ1n) is 8.78. The molecule has 2 rings (SSSR count). The molecule has 5 heteroatoms. The second-order valence-electron chi connectivity index (χ2n) is 5.69. The predicted octanol–water partition coefficient (Wildman–Crippen LogP) is 2.75. The van der Waals surface area contributed by atoms with E-state index in [1.165, 1.54) is 5.56 Å². The van der Waals surface area contributed by atoms with E-state index in [9.17, 15) is 0 Å². The van der Waals surface area contributed by atoms with Crippen LogP contribution in [0.4, 0.5) is 5.69 Å². The van der Waals surface area contributed by atoms with Gasteiger partial charge in [-0.3, -0.25) is 0 Å². The van der Waals surface area contributed by atoms with E-state index in [1.54, 1.807) is 0 Å². The molecular weight excluding hydrogens is 330 g/mol. The Morgan fingerprint density at radius 2 is 1.50 bits per heavy atom. The predicted molar refractivity (Wildman–Crippen MR) is 101 cm³/mol. The van der Waals surface area contributed by atoms with Gasteiger partial charge in [0.2, 0.25) is 0 Å². The lowest BCUT2D eigenvalue weighted by molar-refractivity contribution is -0.302. The highest BCUT2D eigenvalue weighted by Gasteiger charge is 2.25. The molecule has 0 fully saturated rings. The molecule has 0 radical (unpaired) electrons. The van der Waals surface area contributed by atoms with Gasteiger partial charge in [0.25, 0.3) is 0 Å². The highest BCUT2D eigenvalue weighted by molar-refractivity contribution is 5.60. The Morgan fingerprint density at radius 3 is 2.00 bits per heavy atom. The monoisotopic (exact) mass is 358 g/mol. The molecule has 142 valence electrons. The first kappa shape index (κ1) is 21.7. The minimum Gasteiger partial charge on any atom is -0.550 e. The number of aliphatic carboxylic acids is 1. The van der Waals surface area contributed by atoms with E-state index in [-0.39, 0.29) is 12.2 Å². The van der Waals surface area contributed by atoms with E-state index >= 15 is 0 Å². The molecule has 1 atom stereocenters. The van der Waals surface area contributed by atoms with Crippen molar-refractivity contribution in [2.75, 3.05) is 18.9 Å². The molecule has 0 saturated heterocycles. The van der Waals surface area contributed by atoms with Gasteiger partial charge in [0.05, 0.1) is 0 Å². The SMILES string of the molecule is CC(=O)[O-].CCOC(OCC)C(Cc1ccccc1N)c1ccccc1. The third-order valence-electron chi connectivity index (χ3n) is 3.71. The largest absolute Gasteiger partial charge is 0.550 e. The number of hydrogen-bond acceptors (Lipinski definition) is 5. The quantitative estimate of drug-likeness (QED) is 0.579. The first-order chi connectivity index (χ1) is 12.5. The van der Waals surface area contributed by atoms with Crippen LogP contribution in [0.1, 0.15) is 37.8 Å². The molecule has 2 aromatic rings. The fourth-order valence-corrected chi connectivity index (χ4v) is 2.64. The van der Waals surface area contributed by atoms with Gasteiger partial charge in [0, 0.05) is 30.8 Å². The molecule has 0 heterocycles. The van der Waals surface area contributed by atoms with Crippen molar-refractivity contribution in [3.05, 3.63) is 65.7 Å². The van der Waals surface area contributed by atoms with Crippen LogP contribution in [-0.2, 0) is 20.7 Å². The molecule has 26 heavy (non-hydrogen) atoms. The third kappa shape index (κ3) is 7.68. The van der Waals surface area contributed by atoms with Crippen molar-refractivity contribution >= 4 is 11.7 Å². The number of hydrogen-bond donors (Lipinski definition) is 1. The number of anilines is 1. The van der Waals surface area contributed by atoms with Gasteiger partial charge in [-0.05, 0) is 44.4 Å². The summed E-state index contributed by atoms with van der Waals surface area (Å²) in [6, 6.07) is 18.3. The minimum atomic E-state index is -1.08. The molecule has 2 N–H and O–H groups in total. The molecule has 2 aromatic carbocycles. The Bertz CT molecular complexity index is 635. The van der Waals surface area contributed by atoms with E-state index in [2.05, 4.69) is 18.2 Å². The Hall–Kier alpha value is -2.37. The van der Waals surface area contributed by atoms with Crippen molar-refractivity contribution in [2.45, 2.75) is 39.4 Å². The summed E-state index contributed by atoms with van der Waals surface area (Å²) in [6.07, 6.45) is 0.526. The van der Waals surface area contributed by atoms with Gasteiger partial charge in [-0.25, -0.2) is 0 Å². The van der Waals surface area contributed by atoms with Crippen LogP contribution in [0.25, 0.3) is 0 Å². The third-order valence-corrected chi connectivity index (χ3v) is 3.71. The van der Waals surface area contributed by atoms with Crippen molar-refractivity contribution in [2.24, 2.45) is 0 Å². The van der Waals surface area contributed by atoms with Crippen molar-refractivity contribution < 1.29 is 19.4 Å². The molecule has 0 amide bonds. The molecule has 0 aliphatic carbocycles. The summed E-state index contributed by atoms with van der Waals surface area (Å²) in [4.78, 5) is 8.89. The molecular formula is C21H28NO4-. The number of nitrogens with two attached hydrogens (primary N) is 1. The van der Waals surface area contributed by atoms with Crippen LogP contribution >= 0.6 is 0 Å². The number of para-hydroxylation sites is 1. The lowest BCUT2D eigenvalue weighted by Gasteiger charge is -2.27. The zero-order chi connectivity index (χ0) is 19.4. The Kier molecular flexibility index (Phi) is 10.1. The van der Waals surface area contributed by atoms with Crippen molar-refractivity contribution in [3.8, 4) is 0 Å². The van der Waals surface area contributed by atoms with Gasteiger partial charge in [-0.1, -0.05) is 48.5 Å². The normalized spacial score (nSPS) is 11.5. The average molecular weight is 358 g/mol. The molecule has 0 spiro atoms. The molecule has 0 aliphatic rings. The number of rotatable bonds is 8. The summed E-state index contributed by atoms with van der Waals surface area (Å²) in [6.45, 7) is 6.20. The van der Waals surface area contributed by atoms with E-state index in [4.69, 9.17) is 25.1 Å². The molecule has 0 saturated carbocycles. The van der Waals surface area contributed by atoms with Crippen molar-refractivity contribution in [1.82, 2.24) is 0 Å². The van der Waals surface area contributed by atoms with Crippen LogP contribution < -0.4 is 10.8 Å². The van der Waals surface area contributed by atoms with E-state index < -0.39 is 5.97 Å². The van der Waals surface area contributed by atoms with Crippen LogP contribution in [-0.4, -0.2) is 25.5 Å². The van der Waals surface area contributed by atoms with E-state index in [0.29, 0.717) is 13.2 Å². The molecule has 1 unspecified atom stereocenters.